The topological polar surface area (TPSA) is 82.4 Å². The fourth-order valence-electron chi connectivity index (χ4n) is 2.88. The summed E-state index contributed by atoms with van der Waals surface area (Å²) in [6, 6.07) is 9.72. The van der Waals surface area contributed by atoms with Gasteiger partial charge in [0.25, 0.3) is 0 Å². The Kier molecular flexibility index (Phi) is 5.76. The molecule has 1 N–H and O–H groups in total. The maximum Gasteiger partial charge on any atom is 0.326 e. The van der Waals surface area contributed by atoms with Gasteiger partial charge in [-0.05, 0) is 45.8 Å². The molecule has 1 heterocycles. The molecular weight excluding hydrogens is 429 g/mol. The van der Waals surface area contributed by atoms with Gasteiger partial charge in [0.15, 0.2) is 5.78 Å². The number of amides is 2. The van der Waals surface area contributed by atoms with Crippen LogP contribution in [0.5, 0.6) is 5.75 Å². The van der Waals surface area contributed by atoms with Crippen molar-refractivity contribution in [3.63, 3.8) is 0 Å². The molecule has 0 bridgehead atoms. The van der Waals surface area contributed by atoms with E-state index < -0.39 is 17.9 Å². The first-order valence-electron chi connectivity index (χ1n) is 8.26. The summed E-state index contributed by atoms with van der Waals surface area (Å²) in [7, 11) is 1.43. The minimum Gasteiger partial charge on any atom is -0.495 e. The number of ether oxygens (including phenoxy) is 1. The third-order valence-corrected chi connectivity index (χ3v) is 4.95. The number of benzene rings is 2. The quantitative estimate of drug-likeness (QED) is 0.754. The number of hydrogen-bond acceptors (Lipinski definition) is 4. The molecule has 2 amide bonds. The van der Waals surface area contributed by atoms with Gasteiger partial charge < -0.3 is 10.1 Å². The highest BCUT2D eigenvalue weighted by Crippen LogP contribution is 2.33. The van der Waals surface area contributed by atoms with E-state index in [1.165, 1.54) is 42.5 Å². The van der Waals surface area contributed by atoms with Crippen LogP contribution in [0.3, 0.4) is 0 Å². The van der Waals surface area contributed by atoms with Crippen LogP contribution < -0.4 is 10.1 Å². The molecule has 0 fully saturated rings. The Balaban J connectivity index is 1.90. The summed E-state index contributed by atoms with van der Waals surface area (Å²) in [5.74, 6) is -0.203. The highest BCUT2D eigenvalue weighted by atomic mass is 79.9. The molecule has 0 saturated heterocycles. The number of rotatable bonds is 3. The van der Waals surface area contributed by atoms with Crippen molar-refractivity contribution in [2.75, 3.05) is 12.4 Å². The Bertz CT molecular complexity index is 999. The van der Waals surface area contributed by atoms with Crippen molar-refractivity contribution in [3.8, 4) is 11.8 Å². The first-order chi connectivity index (χ1) is 13.4. The van der Waals surface area contributed by atoms with Crippen LogP contribution in [0.15, 0.2) is 53.1 Å². The number of carbonyl (C=O) groups excluding carboxylic acids is 2. The molecule has 6 nitrogen and oxygen atoms in total. The number of anilines is 1. The van der Waals surface area contributed by atoms with Gasteiger partial charge in [-0.15, -0.1) is 0 Å². The number of nitriles is 1. The zero-order valence-electron chi connectivity index (χ0n) is 14.8. The summed E-state index contributed by atoms with van der Waals surface area (Å²) in [6.07, 6.45) is 2.82. The van der Waals surface area contributed by atoms with Crippen LogP contribution in [0.2, 0.25) is 0 Å². The Labute approximate surface area is 169 Å². The molecule has 0 radical (unpaired) electrons. The van der Waals surface area contributed by atoms with E-state index in [-0.39, 0.29) is 12.2 Å². The van der Waals surface area contributed by atoms with Crippen LogP contribution in [-0.2, 0) is 4.79 Å². The van der Waals surface area contributed by atoms with Gasteiger partial charge in [-0.3, -0.25) is 9.69 Å². The summed E-state index contributed by atoms with van der Waals surface area (Å²) in [4.78, 5) is 26.1. The van der Waals surface area contributed by atoms with E-state index in [9.17, 15) is 14.0 Å². The lowest BCUT2D eigenvalue weighted by Crippen LogP contribution is -2.37. The van der Waals surface area contributed by atoms with Gasteiger partial charge in [-0.2, -0.15) is 5.26 Å². The molecule has 1 atom stereocenters. The molecule has 1 aliphatic heterocycles. The molecule has 8 heteroatoms. The number of carbonyl (C=O) groups is 2. The van der Waals surface area contributed by atoms with E-state index in [1.54, 1.807) is 18.2 Å². The summed E-state index contributed by atoms with van der Waals surface area (Å²) < 4.78 is 18.9. The fraction of sp³-hybridized carbons (Fsp3) is 0.150. The van der Waals surface area contributed by atoms with Gasteiger partial charge in [0.2, 0.25) is 0 Å². The Morgan fingerprint density at radius 3 is 2.71 bits per heavy atom. The lowest BCUT2D eigenvalue weighted by Gasteiger charge is -2.31. The van der Waals surface area contributed by atoms with Crippen molar-refractivity contribution in [1.29, 1.82) is 5.26 Å². The highest BCUT2D eigenvalue weighted by molar-refractivity contribution is 9.10. The maximum absolute atomic E-state index is 13.2. The second kappa shape index (κ2) is 8.23. The Morgan fingerprint density at radius 1 is 1.36 bits per heavy atom. The smallest absolute Gasteiger partial charge is 0.326 e. The van der Waals surface area contributed by atoms with Crippen LogP contribution in [0.25, 0.3) is 0 Å². The summed E-state index contributed by atoms with van der Waals surface area (Å²) >= 11 is 3.33. The highest BCUT2D eigenvalue weighted by Gasteiger charge is 2.29. The molecule has 0 saturated carbocycles. The van der Waals surface area contributed by atoms with Crippen molar-refractivity contribution >= 4 is 33.4 Å². The van der Waals surface area contributed by atoms with Gasteiger partial charge in [0.05, 0.1) is 24.4 Å². The number of ketones is 1. The Hall–Kier alpha value is -3.18. The van der Waals surface area contributed by atoms with Crippen LogP contribution in [0.4, 0.5) is 14.9 Å². The van der Waals surface area contributed by atoms with Crippen molar-refractivity contribution in [2.45, 2.75) is 12.5 Å². The number of allylic oxidation sites excluding steroid dienone is 1. The van der Waals surface area contributed by atoms with Crippen molar-refractivity contribution in [3.05, 3.63) is 70.1 Å². The van der Waals surface area contributed by atoms with Crippen LogP contribution in [0, 0.1) is 17.1 Å². The third-order valence-electron chi connectivity index (χ3n) is 4.29. The van der Waals surface area contributed by atoms with Gasteiger partial charge in [0.1, 0.15) is 17.6 Å². The zero-order valence-corrected chi connectivity index (χ0v) is 16.4. The van der Waals surface area contributed by atoms with E-state index in [0.29, 0.717) is 27.0 Å². The largest absolute Gasteiger partial charge is 0.495 e. The maximum atomic E-state index is 13.2. The van der Waals surface area contributed by atoms with Gasteiger partial charge in [-0.1, -0.05) is 12.1 Å². The lowest BCUT2D eigenvalue weighted by atomic mass is 9.97. The minimum absolute atomic E-state index is 0.0907. The van der Waals surface area contributed by atoms with Crippen LogP contribution in [-0.4, -0.2) is 23.8 Å². The van der Waals surface area contributed by atoms with Crippen molar-refractivity contribution < 1.29 is 18.7 Å². The minimum atomic E-state index is -0.558. The predicted molar refractivity (Wildman–Crippen MR) is 104 cm³/mol. The molecule has 3 rings (SSSR count). The molecule has 0 aromatic heterocycles. The molecule has 2 aromatic carbocycles. The van der Waals surface area contributed by atoms with Crippen LogP contribution >= 0.6 is 15.9 Å². The van der Waals surface area contributed by atoms with E-state index >= 15 is 0 Å². The first kappa shape index (κ1) is 19.6. The molecule has 1 unspecified atom stereocenters. The Morgan fingerprint density at radius 2 is 2.07 bits per heavy atom. The first-order valence-corrected chi connectivity index (χ1v) is 9.05. The van der Waals surface area contributed by atoms with Gasteiger partial charge in [-0.25, -0.2) is 9.18 Å². The number of methoxy groups -OCH3 is 1. The van der Waals surface area contributed by atoms with E-state index in [2.05, 4.69) is 21.2 Å². The molecule has 142 valence electrons. The monoisotopic (exact) mass is 443 g/mol. The fourth-order valence-corrected chi connectivity index (χ4v) is 3.32. The van der Waals surface area contributed by atoms with Gasteiger partial charge >= 0.3 is 6.03 Å². The number of hydrogen-bond donors (Lipinski definition) is 1. The summed E-state index contributed by atoms with van der Waals surface area (Å²) in [5.41, 5.74) is 1.37. The average molecular weight is 444 g/mol. The average Bonchev–Trinajstić information content (AvgIpc) is 2.69. The van der Waals surface area contributed by atoms with Crippen molar-refractivity contribution in [2.24, 2.45) is 0 Å². The summed E-state index contributed by atoms with van der Waals surface area (Å²) in [6.45, 7) is 0. The SMILES string of the molecule is COc1cc(NC(=O)N2C=CC(=O)CC2c2ccc(F)cc2)c(Br)cc1C#N. The molecule has 0 spiro atoms. The van der Waals surface area contributed by atoms with E-state index in [1.807, 2.05) is 6.07 Å². The standard InChI is InChI=1S/C20H15BrFN3O3/c1-28-19-10-17(16(21)8-13(19)11-23)24-20(27)25-7-6-15(26)9-18(25)12-2-4-14(22)5-3-12/h2-8,10,18H,9H2,1H3,(H,24,27). The summed E-state index contributed by atoms with van der Waals surface area (Å²) in [5, 5.41) is 11.9. The molecule has 28 heavy (non-hydrogen) atoms. The number of nitrogens with one attached hydrogen (secondary N) is 1. The van der Waals surface area contributed by atoms with E-state index in [4.69, 9.17) is 10.00 Å². The predicted octanol–water partition coefficient (Wildman–Crippen LogP) is 4.53. The second-order valence-corrected chi connectivity index (χ2v) is 6.89. The second-order valence-electron chi connectivity index (χ2n) is 6.04. The van der Waals surface area contributed by atoms with Gasteiger partial charge in [0, 0.05) is 23.2 Å². The third kappa shape index (κ3) is 4.05. The lowest BCUT2D eigenvalue weighted by molar-refractivity contribution is -0.116. The molecule has 1 aliphatic rings. The zero-order chi connectivity index (χ0) is 20.3. The van der Waals surface area contributed by atoms with Crippen molar-refractivity contribution in [1.82, 2.24) is 4.90 Å². The number of nitrogens with zero attached hydrogens (tertiary/aromatic N) is 2. The molecule has 2 aromatic rings. The number of halogens is 2. The molecular formula is C20H15BrFN3O3. The normalized spacial score (nSPS) is 15.9. The molecule has 0 aliphatic carbocycles. The van der Waals surface area contributed by atoms with Crippen LogP contribution in [0.1, 0.15) is 23.6 Å². The van der Waals surface area contributed by atoms with E-state index in [0.717, 1.165) is 0 Å². The number of urea groups is 1.